The van der Waals surface area contributed by atoms with Gasteiger partial charge >= 0.3 is 5.97 Å². The molecule has 3 aromatic rings. The second kappa shape index (κ2) is 11.9. The molecule has 0 fully saturated rings. The Balaban J connectivity index is 1.62. The van der Waals surface area contributed by atoms with Gasteiger partial charge < -0.3 is 31.3 Å². The first-order valence-electron chi connectivity index (χ1n) is 11.0. The number of carboxylic acid groups (broad SMARTS) is 1. The molecule has 0 unspecified atom stereocenters. The number of carboxylic acids is 1. The lowest BCUT2D eigenvalue weighted by molar-refractivity contribution is -0.139. The second-order valence-electron chi connectivity index (χ2n) is 8.14. The number of rotatable bonds is 9. The zero-order chi connectivity index (χ0) is 27.1. The van der Waals surface area contributed by atoms with Crippen molar-refractivity contribution in [2.24, 2.45) is 0 Å². The Bertz CT molecular complexity index is 1360. The van der Waals surface area contributed by atoms with Crippen molar-refractivity contribution < 1.29 is 34.5 Å². The number of carbonyl (C=O) groups is 4. The molecule has 0 radical (unpaired) electrons. The highest BCUT2D eigenvalue weighted by Gasteiger charge is 2.24. The normalized spacial score (nSPS) is 11.3. The number of phenolic OH excluding ortho intramolecular Hbond substituents is 2. The van der Waals surface area contributed by atoms with E-state index < -0.39 is 36.3 Å². The Morgan fingerprint density at radius 1 is 0.865 bits per heavy atom. The fraction of sp³-hybridized carbons (Fsp3) is 0.154. The molecule has 37 heavy (non-hydrogen) atoms. The number of hydrogen-bond donors (Lipinski definition) is 6. The Kier molecular flexibility index (Phi) is 8.70. The predicted molar refractivity (Wildman–Crippen MR) is 135 cm³/mol. The summed E-state index contributed by atoms with van der Waals surface area (Å²) in [6.45, 7) is 1.43. The number of aromatic hydroxyl groups is 2. The Morgan fingerprint density at radius 2 is 1.59 bits per heavy atom. The number of halogens is 1. The minimum absolute atomic E-state index is 0.0398. The van der Waals surface area contributed by atoms with Gasteiger partial charge in [0, 0.05) is 18.7 Å². The van der Waals surface area contributed by atoms with Crippen molar-refractivity contribution in [3.8, 4) is 11.5 Å². The highest BCUT2D eigenvalue weighted by molar-refractivity contribution is 6.34. The van der Waals surface area contributed by atoms with E-state index in [9.17, 15) is 34.5 Å². The smallest absolute Gasteiger partial charge is 0.328 e. The standard InChI is InChI=1S/C26H24ClN3O7/c1-14-5-7-19(22(32)9-14)24(34)29-13-21(26(36)37)30-25(35)18-8-6-16(11-20(18)27)23(33)28-12-15-3-2-4-17(31)10-15/h2-11,21,31-32H,12-13H2,1H3,(H,28,33)(H,29,34)(H,30,35)(H,36,37)/t21-/m0/s1. The summed E-state index contributed by atoms with van der Waals surface area (Å²) in [5.74, 6) is -3.60. The highest BCUT2D eigenvalue weighted by atomic mass is 35.5. The van der Waals surface area contributed by atoms with Gasteiger partial charge in [-0.25, -0.2) is 4.79 Å². The molecular formula is C26H24ClN3O7. The third-order valence-corrected chi connectivity index (χ3v) is 5.62. The molecule has 0 heterocycles. The van der Waals surface area contributed by atoms with E-state index in [0.29, 0.717) is 5.56 Å². The Morgan fingerprint density at radius 3 is 2.24 bits per heavy atom. The van der Waals surface area contributed by atoms with Crippen LogP contribution < -0.4 is 16.0 Å². The predicted octanol–water partition coefficient (Wildman–Crippen LogP) is 2.60. The molecule has 1 atom stereocenters. The van der Waals surface area contributed by atoms with E-state index in [4.69, 9.17) is 11.6 Å². The number of phenols is 2. The first-order valence-corrected chi connectivity index (χ1v) is 11.4. The summed E-state index contributed by atoms with van der Waals surface area (Å²) >= 11 is 6.19. The molecule has 0 aliphatic heterocycles. The van der Waals surface area contributed by atoms with Crippen LogP contribution in [0.25, 0.3) is 0 Å². The molecule has 0 aliphatic carbocycles. The number of carbonyl (C=O) groups excluding carboxylic acids is 3. The summed E-state index contributed by atoms with van der Waals surface area (Å²) in [5, 5.41) is 36.2. The van der Waals surface area contributed by atoms with Crippen molar-refractivity contribution >= 4 is 35.3 Å². The molecular weight excluding hydrogens is 502 g/mol. The number of aryl methyl sites for hydroxylation is 1. The molecule has 3 rings (SSSR count). The lowest BCUT2D eigenvalue weighted by Gasteiger charge is -2.16. The molecule has 0 spiro atoms. The summed E-state index contributed by atoms with van der Waals surface area (Å²) < 4.78 is 0. The van der Waals surface area contributed by atoms with E-state index in [1.165, 1.54) is 42.5 Å². The molecule has 0 saturated carbocycles. The van der Waals surface area contributed by atoms with E-state index in [0.717, 1.165) is 5.56 Å². The quantitative estimate of drug-likeness (QED) is 0.250. The number of nitrogens with one attached hydrogen (secondary N) is 3. The molecule has 6 N–H and O–H groups in total. The lowest BCUT2D eigenvalue weighted by Crippen LogP contribution is -2.48. The Labute approximate surface area is 216 Å². The van der Waals surface area contributed by atoms with Crippen molar-refractivity contribution in [3.05, 3.63) is 93.5 Å². The van der Waals surface area contributed by atoms with Crippen molar-refractivity contribution in [2.75, 3.05) is 6.54 Å². The summed E-state index contributed by atoms with van der Waals surface area (Å²) in [4.78, 5) is 49.1. The van der Waals surface area contributed by atoms with Gasteiger partial charge in [0.05, 0.1) is 16.1 Å². The lowest BCUT2D eigenvalue weighted by atomic mass is 10.1. The van der Waals surface area contributed by atoms with E-state index >= 15 is 0 Å². The van der Waals surface area contributed by atoms with Crippen LogP contribution in [0.2, 0.25) is 5.02 Å². The molecule has 10 nitrogen and oxygen atoms in total. The van der Waals surface area contributed by atoms with E-state index in [-0.39, 0.29) is 39.8 Å². The van der Waals surface area contributed by atoms with Gasteiger partial charge in [-0.15, -0.1) is 0 Å². The highest BCUT2D eigenvalue weighted by Crippen LogP contribution is 2.20. The van der Waals surface area contributed by atoms with Gasteiger partial charge in [-0.2, -0.15) is 0 Å². The molecule has 0 aliphatic rings. The first kappa shape index (κ1) is 27.0. The minimum atomic E-state index is -1.50. The molecule has 0 bridgehead atoms. The maximum absolute atomic E-state index is 12.7. The van der Waals surface area contributed by atoms with E-state index in [1.807, 2.05) is 0 Å². The van der Waals surface area contributed by atoms with Crippen LogP contribution in [-0.2, 0) is 11.3 Å². The zero-order valence-corrected chi connectivity index (χ0v) is 20.4. The minimum Gasteiger partial charge on any atom is -0.508 e. The monoisotopic (exact) mass is 525 g/mol. The number of aliphatic carboxylic acids is 1. The van der Waals surface area contributed by atoms with Crippen LogP contribution >= 0.6 is 11.6 Å². The summed E-state index contributed by atoms with van der Waals surface area (Å²) in [7, 11) is 0. The van der Waals surface area contributed by atoms with E-state index in [1.54, 1.807) is 25.1 Å². The molecule has 0 aromatic heterocycles. The second-order valence-corrected chi connectivity index (χ2v) is 8.55. The van der Waals surface area contributed by atoms with Gasteiger partial charge in [0.1, 0.15) is 17.5 Å². The third kappa shape index (κ3) is 7.21. The molecule has 11 heteroatoms. The van der Waals surface area contributed by atoms with Crippen LogP contribution in [0.5, 0.6) is 11.5 Å². The maximum Gasteiger partial charge on any atom is 0.328 e. The van der Waals surface area contributed by atoms with Crippen LogP contribution in [0.1, 0.15) is 42.2 Å². The van der Waals surface area contributed by atoms with Gasteiger partial charge in [-0.05, 0) is 60.5 Å². The van der Waals surface area contributed by atoms with Crippen LogP contribution in [0, 0.1) is 6.92 Å². The molecule has 3 amide bonds. The Hall–Kier alpha value is -4.57. The topological polar surface area (TPSA) is 165 Å². The fourth-order valence-electron chi connectivity index (χ4n) is 3.35. The van der Waals surface area contributed by atoms with Crippen LogP contribution in [0.3, 0.4) is 0 Å². The van der Waals surface area contributed by atoms with Crippen molar-refractivity contribution in [1.29, 1.82) is 0 Å². The average molecular weight is 526 g/mol. The van der Waals surface area contributed by atoms with Crippen LogP contribution in [0.15, 0.2) is 60.7 Å². The van der Waals surface area contributed by atoms with Gasteiger partial charge in [-0.1, -0.05) is 29.8 Å². The maximum atomic E-state index is 12.7. The summed E-state index contributed by atoms with van der Waals surface area (Å²) in [6.07, 6.45) is 0. The largest absolute Gasteiger partial charge is 0.508 e. The summed E-state index contributed by atoms with van der Waals surface area (Å²) in [6, 6.07) is 13.2. The zero-order valence-electron chi connectivity index (χ0n) is 19.6. The van der Waals surface area contributed by atoms with Crippen molar-refractivity contribution in [2.45, 2.75) is 19.5 Å². The van der Waals surface area contributed by atoms with E-state index in [2.05, 4.69) is 16.0 Å². The van der Waals surface area contributed by atoms with Gasteiger partial charge in [0.2, 0.25) is 0 Å². The van der Waals surface area contributed by atoms with Crippen LogP contribution in [-0.4, -0.2) is 51.6 Å². The van der Waals surface area contributed by atoms with Gasteiger partial charge in [0.25, 0.3) is 17.7 Å². The third-order valence-electron chi connectivity index (χ3n) is 5.31. The van der Waals surface area contributed by atoms with Gasteiger partial charge in [0.15, 0.2) is 0 Å². The molecule has 192 valence electrons. The number of benzene rings is 3. The molecule has 3 aromatic carbocycles. The van der Waals surface area contributed by atoms with Crippen LogP contribution in [0.4, 0.5) is 0 Å². The first-order chi connectivity index (χ1) is 17.5. The summed E-state index contributed by atoms with van der Waals surface area (Å²) in [5.41, 5.74) is 1.48. The number of amides is 3. The van der Waals surface area contributed by atoms with Crippen molar-refractivity contribution in [1.82, 2.24) is 16.0 Å². The molecule has 0 saturated heterocycles. The fourth-order valence-corrected chi connectivity index (χ4v) is 3.62. The number of hydrogen-bond acceptors (Lipinski definition) is 6. The SMILES string of the molecule is Cc1ccc(C(=O)NC[C@H](NC(=O)c2ccc(C(=O)NCc3cccc(O)c3)cc2Cl)C(=O)O)c(O)c1. The average Bonchev–Trinajstić information content (AvgIpc) is 2.84. The van der Waals surface area contributed by atoms with Crippen molar-refractivity contribution in [3.63, 3.8) is 0 Å². The van der Waals surface area contributed by atoms with Gasteiger partial charge in [-0.3, -0.25) is 14.4 Å².